The minimum atomic E-state index is -4.89. The Hall–Kier alpha value is -2.00. The van der Waals surface area contributed by atoms with Gasteiger partial charge in [-0.1, -0.05) is 30.3 Å². The van der Waals surface area contributed by atoms with Crippen LogP contribution in [0.1, 0.15) is 16.7 Å². The van der Waals surface area contributed by atoms with Crippen LogP contribution in [0.3, 0.4) is 0 Å². The number of halogens is 8. The van der Waals surface area contributed by atoms with E-state index < -0.39 is 35.7 Å². The largest absolute Gasteiger partial charge is 0.416 e. The van der Waals surface area contributed by atoms with Gasteiger partial charge in [0.15, 0.2) is 6.10 Å². The number of hydrogen-bond donors (Lipinski definition) is 1. The summed E-state index contributed by atoms with van der Waals surface area (Å²) in [6.07, 6.45) is -7.59. The first-order chi connectivity index (χ1) is 13.2. The van der Waals surface area contributed by atoms with Gasteiger partial charge >= 0.3 is 17.5 Å². The van der Waals surface area contributed by atoms with Gasteiger partial charge in [0, 0.05) is 17.8 Å². The molecule has 0 radical (unpaired) electrons. The highest BCUT2D eigenvalue weighted by Gasteiger charge is 2.56. The fourth-order valence-corrected chi connectivity index (χ4v) is 2.76. The monoisotopic (exact) mass is 443 g/mol. The topological polar surface area (TPSA) is 23.5 Å². The van der Waals surface area contributed by atoms with Crippen molar-refractivity contribution in [2.45, 2.75) is 37.1 Å². The smallest absolute Gasteiger partial charge is 0.382 e. The van der Waals surface area contributed by atoms with Crippen molar-refractivity contribution in [3.8, 4) is 0 Å². The third-order valence-corrected chi connectivity index (χ3v) is 4.39. The average molecular weight is 444 g/mol. The van der Waals surface area contributed by atoms with Crippen molar-refractivity contribution in [3.05, 3.63) is 65.2 Å². The predicted molar refractivity (Wildman–Crippen MR) is 95.4 cm³/mol. The fourth-order valence-electron chi connectivity index (χ4n) is 2.65. The van der Waals surface area contributed by atoms with Crippen molar-refractivity contribution in [2.24, 2.45) is 0 Å². The van der Waals surface area contributed by atoms with Gasteiger partial charge in [0.1, 0.15) is 0 Å². The Balaban J connectivity index is 2.38. The van der Waals surface area contributed by atoms with Crippen LogP contribution in [0.15, 0.2) is 48.5 Å². The van der Waals surface area contributed by atoms with Gasteiger partial charge in [0.05, 0.1) is 6.54 Å². The number of alkyl halides is 8. The molecule has 29 heavy (non-hydrogen) atoms. The lowest BCUT2D eigenvalue weighted by Crippen LogP contribution is -2.41. The van der Waals surface area contributed by atoms with E-state index in [1.54, 1.807) is 25.1 Å². The SMILES string of the molecule is Cc1cccc(N(Cc2cccc(C(F)(F)C(F)(F)Cl)c2)CC(O)C(F)(F)F)c1. The molecule has 1 atom stereocenters. The first-order valence-electron chi connectivity index (χ1n) is 8.32. The molecule has 2 nitrogen and oxygen atoms in total. The van der Waals surface area contributed by atoms with Crippen LogP contribution >= 0.6 is 11.6 Å². The summed E-state index contributed by atoms with van der Waals surface area (Å²) in [6.45, 7) is 0.485. The Bertz CT molecular complexity index is 836. The fraction of sp³-hybridized carbons (Fsp3) is 0.368. The standard InChI is InChI=1S/C19H17ClF7NO/c1-12-4-2-7-15(8-12)28(11-16(29)18(23,24)25)10-13-5-3-6-14(9-13)17(21,22)19(20,26)27/h2-9,16,29H,10-11H2,1H3. The molecule has 1 N–H and O–H groups in total. The molecule has 160 valence electrons. The van der Waals surface area contributed by atoms with Gasteiger partial charge in [-0.15, -0.1) is 0 Å². The van der Waals surface area contributed by atoms with Crippen LogP contribution in [0.4, 0.5) is 36.4 Å². The van der Waals surface area contributed by atoms with Crippen molar-refractivity contribution in [1.29, 1.82) is 0 Å². The van der Waals surface area contributed by atoms with E-state index >= 15 is 0 Å². The maximum atomic E-state index is 13.8. The van der Waals surface area contributed by atoms with E-state index in [1.165, 1.54) is 12.1 Å². The highest BCUT2D eigenvalue weighted by molar-refractivity contribution is 6.22. The molecule has 2 aromatic rings. The van der Waals surface area contributed by atoms with Crippen LogP contribution in [-0.4, -0.2) is 29.3 Å². The van der Waals surface area contributed by atoms with Crippen LogP contribution in [-0.2, 0) is 12.5 Å². The van der Waals surface area contributed by atoms with E-state index in [0.717, 1.165) is 28.7 Å². The van der Waals surface area contributed by atoms with Crippen LogP contribution < -0.4 is 4.90 Å². The maximum absolute atomic E-state index is 13.8. The minimum Gasteiger partial charge on any atom is -0.382 e. The molecular formula is C19H17ClF7NO. The molecule has 10 heteroatoms. The van der Waals surface area contributed by atoms with Crippen molar-refractivity contribution < 1.29 is 35.8 Å². The molecule has 0 amide bonds. The molecule has 0 bridgehead atoms. The molecule has 2 rings (SSSR count). The summed E-state index contributed by atoms with van der Waals surface area (Å²) >= 11 is 4.50. The van der Waals surface area contributed by atoms with Crippen molar-refractivity contribution in [2.75, 3.05) is 11.4 Å². The zero-order valence-corrected chi connectivity index (χ0v) is 15.8. The van der Waals surface area contributed by atoms with Crippen LogP contribution in [0, 0.1) is 6.92 Å². The lowest BCUT2D eigenvalue weighted by molar-refractivity contribution is -0.200. The molecule has 0 aliphatic rings. The van der Waals surface area contributed by atoms with E-state index in [1.807, 2.05) is 0 Å². The minimum absolute atomic E-state index is 0.0407. The van der Waals surface area contributed by atoms with E-state index in [0.29, 0.717) is 5.69 Å². The van der Waals surface area contributed by atoms with Gasteiger partial charge in [0.25, 0.3) is 0 Å². The van der Waals surface area contributed by atoms with Gasteiger partial charge in [-0.3, -0.25) is 0 Å². The molecular weight excluding hydrogens is 427 g/mol. The first kappa shape index (κ1) is 23.3. The number of anilines is 1. The molecule has 2 aromatic carbocycles. The zero-order chi connectivity index (χ0) is 22.0. The number of nitrogens with zero attached hydrogens (tertiary/aromatic N) is 1. The predicted octanol–water partition coefficient (Wildman–Crippen LogP) is 5.85. The van der Waals surface area contributed by atoms with Crippen LogP contribution in [0.25, 0.3) is 0 Å². The van der Waals surface area contributed by atoms with Crippen LogP contribution in [0.2, 0.25) is 0 Å². The quantitative estimate of drug-likeness (QED) is 0.429. The number of aliphatic hydroxyl groups is 1. The number of aliphatic hydroxyl groups excluding tert-OH is 1. The number of benzene rings is 2. The van der Waals surface area contributed by atoms with Crippen molar-refractivity contribution >= 4 is 17.3 Å². The Morgan fingerprint density at radius 2 is 1.59 bits per heavy atom. The Morgan fingerprint density at radius 3 is 2.14 bits per heavy atom. The summed E-state index contributed by atoms with van der Waals surface area (Å²) in [5, 5.41) is 4.61. The molecule has 0 spiro atoms. The number of rotatable bonds is 7. The van der Waals surface area contributed by atoms with E-state index in [4.69, 9.17) is 0 Å². The Labute approximate surface area is 167 Å². The van der Waals surface area contributed by atoms with Crippen LogP contribution in [0.5, 0.6) is 0 Å². The van der Waals surface area contributed by atoms with Crippen molar-refractivity contribution in [1.82, 2.24) is 0 Å². The lowest BCUT2D eigenvalue weighted by atomic mass is 10.0. The third kappa shape index (κ3) is 5.76. The van der Waals surface area contributed by atoms with Crippen molar-refractivity contribution in [3.63, 3.8) is 0 Å². The molecule has 0 saturated heterocycles. The van der Waals surface area contributed by atoms with Gasteiger partial charge in [-0.05, 0) is 47.9 Å². The number of aryl methyl sites for hydroxylation is 1. The Morgan fingerprint density at radius 1 is 0.966 bits per heavy atom. The second kappa shape index (κ2) is 8.39. The van der Waals surface area contributed by atoms with Gasteiger partial charge in [-0.25, -0.2) is 0 Å². The van der Waals surface area contributed by atoms with E-state index in [-0.39, 0.29) is 12.1 Å². The third-order valence-electron chi connectivity index (χ3n) is 4.16. The summed E-state index contributed by atoms with van der Waals surface area (Å²) < 4.78 is 92.2. The highest BCUT2D eigenvalue weighted by Crippen LogP contribution is 2.45. The molecule has 0 aliphatic carbocycles. The number of hydrogen-bond acceptors (Lipinski definition) is 2. The van der Waals surface area contributed by atoms with E-state index in [9.17, 15) is 35.8 Å². The molecule has 0 heterocycles. The summed E-state index contributed by atoms with van der Waals surface area (Å²) in [5.41, 5.74) is -0.0151. The lowest BCUT2D eigenvalue weighted by Gasteiger charge is -2.29. The summed E-state index contributed by atoms with van der Waals surface area (Å²) in [4.78, 5) is 1.13. The van der Waals surface area contributed by atoms with Gasteiger partial charge in [-0.2, -0.15) is 30.7 Å². The molecule has 0 fully saturated rings. The van der Waals surface area contributed by atoms with Gasteiger partial charge < -0.3 is 10.0 Å². The highest BCUT2D eigenvalue weighted by atomic mass is 35.5. The molecule has 0 saturated carbocycles. The molecule has 1 unspecified atom stereocenters. The summed E-state index contributed by atoms with van der Waals surface area (Å²) in [5.74, 6) is -4.68. The zero-order valence-electron chi connectivity index (χ0n) is 15.0. The average Bonchev–Trinajstić information content (AvgIpc) is 2.59. The van der Waals surface area contributed by atoms with Gasteiger partial charge in [0.2, 0.25) is 0 Å². The second-order valence-corrected chi connectivity index (χ2v) is 7.02. The molecule has 0 aliphatic heterocycles. The summed E-state index contributed by atoms with van der Waals surface area (Å²) in [7, 11) is 0. The molecule has 0 aromatic heterocycles. The maximum Gasteiger partial charge on any atom is 0.416 e. The first-order valence-corrected chi connectivity index (χ1v) is 8.70. The second-order valence-electron chi connectivity index (χ2n) is 6.55. The van der Waals surface area contributed by atoms with E-state index in [2.05, 4.69) is 11.6 Å². The normalized spacial score (nSPS) is 14.0. The Kier molecular flexibility index (Phi) is 6.74. The summed E-state index contributed by atoms with van der Waals surface area (Å²) in [6, 6.07) is 10.2.